The van der Waals surface area contributed by atoms with E-state index in [1.165, 1.54) is 0 Å². The molecule has 5 nitrogen and oxygen atoms in total. The van der Waals surface area contributed by atoms with E-state index < -0.39 is 6.04 Å². The molecule has 1 aromatic carbocycles. The number of pyridine rings is 1. The van der Waals surface area contributed by atoms with Crippen molar-refractivity contribution < 1.29 is 9.90 Å². The van der Waals surface area contributed by atoms with Gasteiger partial charge in [0.1, 0.15) is 0 Å². The standard InChI is InChI=1S/C19H25N3O2/c1-13(2)17(18-14(3)8-7-11-20-18)22-19(24)21-16(12-23)15-9-5-4-6-10-15/h4-11,13,16-17,23H,12H2,1-3H3,(H2,21,22,24)/t16-,17-/m1/s1. The van der Waals surface area contributed by atoms with Crippen LogP contribution in [0.3, 0.4) is 0 Å². The van der Waals surface area contributed by atoms with E-state index in [2.05, 4.69) is 15.6 Å². The van der Waals surface area contributed by atoms with E-state index in [1.54, 1.807) is 6.20 Å². The number of aromatic nitrogens is 1. The lowest BCUT2D eigenvalue weighted by Crippen LogP contribution is -2.42. The predicted molar refractivity (Wildman–Crippen MR) is 94.5 cm³/mol. The minimum absolute atomic E-state index is 0.160. The fourth-order valence-corrected chi connectivity index (χ4v) is 2.64. The van der Waals surface area contributed by atoms with Crippen molar-refractivity contribution >= 4 is 6.03 Å². The van der Waals surface area contributed by atoms with Crippen molar-refractivity contribution in [1.29, 1.82) is 0 Å². The number of nitrogens with one attached hydrogen (secondary N) is 2. The smallest absolute Gasteiger partial charge is 0.315 e. The van der Waals surface area contributed by atoms with Gasteiger partial charge < -0.3 is 15.7 Å². The molecule has 0 aliphatic rings. The van der Waals surface area contributed by atoms with Crippen molar-refractivity contribution in [3.05, 3.63) is 65.5 Å². The van der Waals surface area contributed by atoms with E-state index in [4.69, 9.17) is 0 Å². The van der Waals surface area contributed by atoms with E-state index in [-0.39, 0.29) is 24.6 Å². The molecule has 0 radical (unpaired) electrons. The average Bonchev–Trinajstić information content (AvgIpc) is 2.59. The minimum Gasteiger partial charge on any atom is -0.394 e. The molecule has 0 unspecified atom stereocenters. The topological polar surface area (TPSA) is 74.2 Å². The van der Waals surface area contributed by atoms with Crippen molar-refractivity contribution in [3.63, 3.8) is 0 Å². The highest BCUT2D eigenvalue weighted by Crippen LogP contribution is 2.22. The Kier molecular flexibility index (Phi) is 6.32. The van der Waals surface area contributed by atoms with Gasteiger partial charge in [0.05, 0.1) is 24.4 Å². The normalized spacial score (nSPS) is 13.4. The molecule has 1 aromatic heterocycles. The SMILES string of the molecule is Cc1cccnc1[C@H](NC(=O)N[C@H](CO)c1ccccc1)C(C)C. The van der Waals surface area contributed by atoms with Crippen molar-refractivity contribution in [2.45, 2.75) is 32.9 Å². The number of rotatable bonds is 6. The Morgan fingerprint density at radius 1 is 1.12 bits per heavy atom. The molecule has 2 rings (SSSR count). The second-order valence-corrected chi connectivity index (χ2v) is 6.19. The number of hydrogen-bond acceptors (Lipinski definition) is 3. The second kappa shape index (κ2) is 8.45. The van der Waals surface area contributed by atoms with Crippen molar-refractivity contribution in [2.24, 2.45) is 5.92 Å². The summed E-state index contributed by atoms with van der Waals surface area (Å²) >= 11 is 0. The Morgan fingerprint density at radius 3 is 2.42 bits per heavy atom. The molecule has 5 heteroatoms. The first kappa shape index (κ1) is 17.9. The third-order valence-corrected chi connectivity index (χ3v) is 3.99. The lowest BCUT2D eigenvalue weighted by Gasteiger charge is -2.25. The van der Waals surface area contributed by atoms with Gasteiger partial charge in [-0.05, 0) is 30.0 Å². The van der Waals surface area contributed by atoms with Crippen LogP contribution >= 0.6 is 0 Å². The van der Waals surface area contributed by atoms with E-state index in [0.29, 0.717) is 0 Å². The average molecular weight is 327 g/mol. The Hall–Kier alpha value is -2.40. The maximum atomic E-state index is 12.4. The van der Waals surface area contributed by atoms with Gasteiger partial charge in [-0.25, -0.2) is 4.79 Å². The van der Waals surface area contributed by atoms with Crippen LogP contribution in [0.25, 0.3) is 0 Å². The number of aliphatic hydroxyl groups is 1. The second-order valence-electron chi connectivity index (χ2n) is 6.19. The maximum Gasteiger partial charge on any atom is 0.315 e. The van der Waals surface area contributed by atoms with Gasteiger partial charge in [0, 0.05) is 6.20 Å². The Balaban J connectivity index is 2.10. The summed E-state index contributed by atoms with van der Waals surface area (Å²) in [6.07, 6.45) is 1.73. The summed E-state index contributed by atoms with van der Waals surface area (Å²) in [7, 11) is 0. The van der Waals surface area contributed by atoms with E-state index in [1.807, 2.05) is 63.2 Å². The number of amides is 2. The first-order valence-electron chi connectivity index (χ1n) is 8.17. The van der Waals surface area contributed by atoms with Crippen molar-refractivity contribution in [3.8, 4) is 0 Å². The number of benzene rings is 1. The fraction of sp³-hybridized carbons (Fsp3) is 0.368. The first-order chi connectivity index (χ1) is 11.5. The van der Waals surface area contributed by atoms with Crippen molar-refractivity contribution in [1.82, 2.24) is 15.6 Å². The Labute approximate surface area is 143 Å². The highest BCUT2D eigenvalue weighted by molar-refractivity contribution is 5.75. The van der Waals surface area contributed by atoms with Crippen LogP contribution in [0, 0.1) is 12.8 Å². The molecule has 3 N–H and O–H groups in total. The number of aliphatic hydroxyl groups excluding tert-OH is 1. The molecule has 0 aliphatic heterocycles. The molecular formula is C19H25N3O2. The molecular weight excluding hydrogens is 302 g/mol. The zero-order valence-corrected chi connectivity index (χ0v) is 14.4. The number of nitrogens with zero attached hydrogens (tertiary/aromatic N) is 1. The molecule has 0 saturated carbocycles. The van der Waals surface area contributed by atoms with Crippen LogP contribution in [0.1, 0.15) is 42.8 Å². The van der Waals surface area contributed by atoms with Gasteiger partial charge in [0.15, 0.2) is 0 Å². The molecule has 1 heterocycles. The van der Waals surface area contributed by atoms with Crippen LogP contribution in [0.2, 0.25) is 0 Å². The van der Waals surface area contributed by atoms with Gasteiger partial charge in [-0.15, -0.1) is 0 Å². The molecule has 0 aliphatic carbocycles. The summed E-state index contributed by atoms with van der Waals surface area (Å²) in [6.45, 7) is 5.91. The van der Waals surface area contributed by atoms with Crippen LogP contribution in [0.15, 0.2) is 48.7 Å². The summed E-state index contributed by atoms with van der Waals surface area (Å²) in [6, 6.07) is 12.3. The molecule has 2 amide bonds. The van der Waals surface area contributed by atoms with Gasteiger partial charge in [-0.3, -0.25) is 4.98 Å². The van der Waals surface area contributed by atoms with E-state index >= 15 is 0 Å². The molecule has 0 bridgehead atoms. The first-order valence-corrected chi connectivity index (χ1v) is 8.17. The molecule has 24 heavy (non-hydrogen) atoms. The summed E-state index contributed by atoms with van der Waals surface area (Å²) < 4.78 is 0. The van der Waals surface area contributed by atoms with Crippen LogP contribution in [-0.2, 0) is 0 Å². The highest BCUT2D eigenvalue weighted by Gasteiger charge is 2.22. The quantitative estimate of drug-likeness (QED) is 0.763. The summed E-state index contributed by atoms with van der Waals surface area (Å²) in [5.41, 5.74) is 2.77. The molecule has 0 saturated heterocycles. The van der Waals surface area contributed by atoms with Crippen LogP contribution in [0.4, 0.5) is 4.79 Å². The lowest BCUT2D eigenvalue weighted by atomic mass is 9.97. The zero-order valence-electron chi connectivity index (χ0n) is 14.4. The number of carbonyl (C=O) groups excluding carboxylic acids is 1. The van der Waals surface area contributed by atoms with Crippen molar-refractivity contribution in [2.75, 3.05) is 6.61 Å². The monoisotopic (exact) mass is 327 g/mol. The van der Waals surface area contributed by atoms with E-state index in [9.17, 15) is 9.90 Å². The van der Waals surface area contributed by atoms with E-state index in [0.717, 1.165) is 16.8 Å². The summed E-state index contributed by atoms with van der Waals surface area (Å²) in [5.74, 6) is 0.189. The van der Waals surface area contributed by atoms with Gasteiger partial charge in [0.2, 0.25) is 0 Å². The molecule has 2 aromatic rings. The lowest BCUT2D eigenvalue weighted by molar-refractivity contribution is 0.211. The van der Waals surface area contributed by atoms with Crippen LogP contribution in [-0.4, -0.2) is 22.7 Å². The van der Waals surface area contributed by atoms with Gasteiger partial charge in [-0.2, -0.15) is 0 Å². The highest BCUT2D eigenvalue weighted by atomic mass is 16.3. The number of urea groups is 1. The molecule has 2 atom stereocenters. The third-order valence-electron chi connectivity index (χ3n) is 3.99. The Morgan fingerprint density at radius 2 is 1.83 bits per heavy atom. The van der Waals surface area contributed by atoms with Crippen LogP contribution in [0.5, 0.6) is 0 Å². The number of hydrogen-bond donors (Lipinski definition) is 3. The summed E-state index contributed by atoms with van der Waals surface area (Å²) in [4.78, 5) is 16.8. The van der Waals surface area contributed by atoms with Crippen LogP contribution < -0.4 is 10.6 Å². The number of carbonyl (C=O) groups is 1. The molecule has 128 valence electrons. The van der Waals surface area contributed by atoms with Gasteiger partial charge in [-0.1, -0.05) is 50.2 Å². The molecule has 0 fully saturated rings. The van der Waals surface area contributed by atoms with Gasteiger partial charge >= 0.3 is 6.03 Å². The minimum atomic E-state index is -0.441. The third kappa shape index (κ3) is 4.55. The summed E-state index contributed by atoms with van der Waals surface area (Å²) in [5, 5.41) is 15.4. The predicted octanol–water partition coefficient (Wildman–Crippen LogP) is 3.12. The Bertz CT molecular complexity index is 659. The molecule has 0 spiro atoms. The zero-order chi connectivity index (χ0) is 17.5. The largest absolute Gasteiger partial charge is 0.394 e. The maximum absolute atomic E-state index is 12.4. The number of aryl methyl sites for hydroxylation is 1. The van der Waals surface area contributed by atoms with Gasteiger partial charge in [0.25, 0.3) is 0 Å². The fourth-order valence-electron chi connectivity index (χ4n) is 2.64.